The fourth-order valence-electron chi connectivity index (χ4n) is 2.93. The molecule has 0 bridgehead atoms. The molecule has 1 aliphatic heterocycles. The third kappa shape index (κ3) is 6.33. The highest BCUT2D eigenvalue weighted by Gasteiger charge is 2.23. The molecule has 8 nitrogen and oxygen atoms in total. The summed E-state index contributed by atoms with van der Waals surface area (Å²) in [5, 5.41) is 5.87. The van der Waals surface area contributed by atoms with E-state index in [0.717, 1.165) is 36.1 Å². The van der Waals surface area contributed by atoms with Crippen molar-refractivity contribution in [3.63, 3.8) is 0 Å². The number of carbonyl (C=O) groups excluding carboxylic acids is 4. The Bertz CT molecular complexity index is 890. The third-order valence-electron chi connectivity index (χ3n) is 4.44. The number of nitrogens with one attached hydrogen (secondary N) is 2. The maximum atomic E-state index is 12.0. The summed E-state index contributed by atoms with van der Waals surface area (Å²) >= 11 is 0. The number of ketones is 1. The average molecular weight is 396 g/mol. The minimum atomic E-state index is -0.199. The van der Waals surface area contributed by atoms with Crippen molar-refractivity contribution >= 4 is 23.7 Å². The highest BCUT2D eigenvalue weighted by Crippen LogP contribution is 2.17. The molecule has 8 heteroatoms. The zero-order chi connectivity index (χ0) is 21.2. The number of hydrogen-bond acceptors (Lipinski definition) is 7. The van der Waals surface area contributed by atoms with Gasteiger partial charge in [-0.25, -0.2) is 9.97 Å². The Balaban J connectivity index is 0.000000941. The lowest BCUT2D eigenvalue weighted by molar-refractivity contribution is -0.191. The van der Waals surface area contributed by atoms with Gasteiger partial charge >= 0.3 is 6.15 Å². The van der Waals surface area contributed by atoms with E-state index < -0.39 is 0 Å². The summed E-state index contributed by atoms with van der Waals surface area (Å²) in [5.74, 6) is 0.530. The van der Waals surface area contributed by atoms with E-state index in [4.69, 9.17) is 9.59 Å². The van der Waals surface area contributed by atoms with Gasteiger partial charge in [0.1, 0.15) is 0 Å². The average Bonchev–Trinajstić information content (AvgIpc) is 2.71. The third-order valence-corrected chi connectivity index (χ3v) is 4.44. The van der Waals surface area contributed by atoms with Gasteiger partial charge in [0.2, 0.25) is 0 Å². The summed E-state index contributed by atoms with van der Waals surface area (Å²) in [6.45, 7) is 3.94. The Morgan fingerprint density at radius 2 is 1.83 bits per heavy atom. The van der Waals surface area contributed by atoms with Crippen LogP contribution < -0.4 is 10.6 Å². The summed E-state index contributed by atoms with van der Waals surface area (Å²) in [5.41, 5.74) is 3.02. The van der Waals surface area contributed by atoms with Gasteiger partial charge in [0, 0.05) is 12.0 Å². The Kier molecular flexibility index (Phi) is 8.18. The fourth-order valence-corrected chi connectivity index (χ4v) is 2.93. The molecule has 0 saturated heterocycles. The Hall–Kier alpha value is -3.38. The van der Waals surface area contributed by atoms with Crippen LogP contribution in [0.15, 0.2) is 30.5 Å². The van der Waals surface area contributed by atoms with Crippen LogP contribution in [0.3, 0.4) is 0 Å². The quantitative estimate of drug-likeness (QED) is 0.691. The van der Waals surface area contributed by atoms with Crippen LogP contribution in [0.5, 0.6) is 0 Å². The molecule has 0 spiro atoms. The maximum Gasteiger partial charge on any atom is 0.373 e. The van der Waals surface area contributed by atoms with Crippen LogP contribution in [0.1, 0.15) is 65.2 Å². The summed E-state index contributed by atoms with van der Waals surface area (Å²) in [4.78, 5) is 49.0. The van der Waals surface area contributed by atoms with Crippen molar-refractivity contribution in [3.8, 4) is 0 Å². The first-order chi connectivity index (χ1) is 14.0. The van der Waals surface area contributed by atoms with E-state index in [9.17, 15) is 9.59 Å². The highest BCUT2D eigenvalue weighted by molar-refractivity contribution is 5.98. The van der Waals surface area contributed by atoms with E-state index in [-0.39, 0.29) is 24.0 Å². The van der Waals surface area contributed by atoms with Crippen LogP contribution in [0, 0.1) is 0 Å². The number of amides is 1. The molecule has 2 aromatic rings. The van der Waals surface area contributed by atoms with Gasteiger partial charge in [-0.15, -0.1) is 0 Å². The lowest BCUT2D eigenvalue weighted by Crippen LogP contribution is -2.44. The van der Waals surface area contributed by atoms with Gasteiger partial charge in [-0.1, -0.05) is 37.6 Å². The molecule has 152 valence electrons. The number of nitrogens with zero attached hydrogens (tertiary/aromatic N) is 2. The fraction of sp³-hybridized carbons (Fsp3) is 0.381. The number of Topliss-reactive ketones (excluding diaryl/α,β-unsaturated/α-hetero) is 1. The van der Waals surface area contributed by atoms with Crippen LogP contribution in [-0.2, 0) is 22.4 Å². The van der Waals surface area contributed by atoms with E-state index in [1.807, 2.05) is 31.2 Å². The zero-order valence-electron chi connectivity index (χ0n) is 16.5. The lowest BCUT2D eigenvalue weighted by Gasteiger charge is -2.23. The number of anilines is 1. The van der Waals surface area contributed by atoms with E-state index in [1.54, 1.807) is 6.20 Å². The van der Waals surface area contributed by atoms with Gasteiger partial charge in [-0.2, -0.15) is 9.59 Å². The van der Waals surface area contributed by atoms with E-state index in [2.05, 4.69) is 27.5 Å². The van der Waals surface area contributed by atoms with Gasteiger partial charge < -0.3 is 10.6 Å². The monoisotopic (exact) mass is 396 g/mol. The molecule has 0 aliphatic carbocycles. The number of carbonyl (C=O) groups is 2. The maximum absolute atomic E-state index is 12.0. The molecule has 1 unspecified atom stereocenters. The second-order valence-corrected chi connectivity index (χ2v) is 6.71. The minimum Gasteiger partial charge on any atom is -0.348 e. The first-order valence-electron chi connectivity index (χ1n) is 9.53. The van der Waals surface area contributed by atoms with Crippen LogP contribution in [0.2, 0.25) is 0 Å². The molecule has 2 N–H and O–H groups in total. The zero-order valence-corrected chi connectivity index (χ0v) is 16.5. The van der Waals surface area contributed by atoms with Gasteiger partial charge in [0.05, 0.1) is 18.1 Å². The molecule has 1 atom stereocenters. The minimum absolute atomic E-state index is 0.145. The normalized spacial score (nSPS) is 14.4. The number of aromatic nitrogens is 2. The second kappa shape index (κ2) is 10.8. The van der Waals surface area contributed by atoms with E-state index in [1.165, 1.54) is 0 Å². The molecule has 2 heterocycles. The molecule has 29 heavy (non-hydrogen) atoms. The Morgan fingerprint density at radius 3 is 2.48 bits per heavy atom. The second-order valence-electron chi connectivity index (χ2n) is 6.71. The van der Waals surface area contributed by atoms with Crippen molar-refractivity contribution in [2.45, 2.75) is 52.1 Å². The highest BCUT2D eigenvalue weighted by atomic mass is 16.2. The van der Waals surface area contributed by atoms with Crippen molar-refractivity contribution in [3.05, 3.63) is 53.0 Å². The van der Waals surface area contributed by atoms with Crippen molar-refractivity contribution in [2.24, 2.45) is 0 Å². The molecule has 1 aliphatic rings. The number of unbranched alkanes of at least 4 members (excludes halogenated alkanes) is 1. The molecular weight excluding hydrogens is 372 g/mol. The van der Waals surface area contributed by atoms with E-state index in [0.29, 0.717) is 24.4 Å². The lowest BCUT2D eigenvalue weighted by atomic mass is 10.0. The number of benzene rings is 1. The molecule has 1 aromatic carbocycles. The van der Waals surface area contributed by atoms with Crippen molar-refractivity contribution < 1.29 is 19.2 Å². The Morgan fingerprint density at radius 1 is 1.14 bits per heavy atom. The first kappa shape index (κ1) is 21.9. The molecular formula is C21H24N4O4. The van der Waals surface area contributed by atoms with Gasteiger partial charge in [-0.3, -0.25) is 9.59 Å². The number of fused-ring (bicyclic) bond motifs is 1. The summed E-state index contributed by atoms with van der Waals surface area (Å²) in [6, 6.07) is 7.76. The molecule has 0 saturated carbocycles. The summed E-state index contributed by atoms with van der Waals surface area (Å²) < 4.78 is 0. The first-order valence-corrected chi connectivity index (χ1v) is 9.53. The van der Waals surface area contributed by atoms with Gasteiger partial charge in [-0.05, 0) is 31.7 Å². The smallest absolute Gasteiger partial charge is 0.348 e. The van der Waals surface area contributed by atoms with Crippen molar-refractivity contribution in [1.82, 2.24) is 15.3 Å². The largest absolute Gasteiger partial charge is 0.373 e. The SMILES string of the molecule is CCCCC(=O)c1ccc(CCc2cnc3c(n2)C(=O)NC(C)N3)cc1.O=C=O. The standard InChI is InChI=1S/C20H24N4O2.CO2/c1-3-4-5-17(25)15-9-6-14(7-10-15)8-11-16-12-21-19-18(24-16)20(26)23-13(2)22-19;2-1-3/h6-7,9-10,12-13H,3-5,8,11H2,1-2H3,(H,21,22)(H,23,26);. The van der Waals surface area contributed by atoms with Crippen LogP contribution in [-0.4, -0.2) is 34.0 Å². The topological polar surface area (TPSA) is 118 Å². The molecule has 3 rings (SSSR count). The van der Waals surface area contributed by atoms with Gasteiger partial charge in [0.25, 0.3) is 5.91 Å². The summed E-state index contributed by atoms with van der Waals surface area (Å²) in [7, 11) is 0. The van der Waals surface area contributed by atoms with Crippen LogP contribution >= 0.6 is 0 Å². The Labute approximate surface area is 169 Å². The predicted molar refractivity (Wildman–Crippen MR) is 105 cm³/mol. The van der Waals surface area contributed by atoms with Gasteiger partial charge in [0.15, 0.2) is 17.3 Å². The molecule has 1 aromatic heterocycles. The number of aryl methyl sites for hydroxylation is 2. The van der Waals surface area contributed by atoms with Crippen LogP contribution in [0.4, 0.5) is 5.82 Å². The molecule has 0 radical (unpaired) electrons. The molecule has 1 amide bonds. The van der Waals surface area contributed by atoms with Crippen molar-refractivity contribution in [1.29, 1.82) is 0 Å². The van der Waals surface area contributed by atoms with Crippen molar-refractivity contribution in [2.75, 3.05) is 5.32 Å². The van der Waals surface area contributed by atoms with Crippen LogP contribution in [0.25, 0.3) is 0 Å². The molecule has 0 fully saturated rings. The van der Waals surface area contributed by atoms with E-state index >= 15 is 0 Å². The number of hydrogen-bond donors (Lipinski definition) is 2. The number of rotatable bonds is 7. The predicted octanol–water partition coefficient (Wildman–Crippen LogP) is 2.55. The summed E-state index contributed by atoms with van der Waals surface area (Å²) in [6.07, 6.45) is 5.84.